The summed E-state index contributed by atoms with van der Waals surface area (Å²) in [5.41, 5.74) is 2.53. The Balaban J connectivity index is 0.980. The number of carbonyl (C=O) groups excluding carboxylic acids is 2. The number of nitrogens with zero attached hydrogens (tertiary/aromatic N) is 2. The van der Waals surface area contributed by atoms with Gasteiger partial charge in [0.1, 0.15) is 49.9 Å². The minimum atomic E-state index is -5.82. The molecule has 1 saturated heterocycles. The van der Waals surface area contributed by atoms with Gasteiger partial charge >= 0.3 is 29.4 Å². The molecule has 6 rings (SSSR count). The number of benzene rings is 3. The van der Waals surface area contributed by atoms with E-state index in [1.165, 1.54) is 18.3 Å². The van der Waals surface area contributed by atoms with E-state index in [0.717, 1.165) is 11.0 Å². The number of aliphatic hydroxyl groups excluding tert-OH is 2. The fraction of sp³-hybridized carbons (Fsp3) is 0.341. The molecule has 71 heavy (non-hydrogen) atoms. The van der Waals surface area contributed by atoms with Crippen LogP contribution in [0, 0.1) is 11.8 Å². The maximum absolute atomic E-state index is 13.2. The fourth-order valence-corrected chi connectivity index (χ4v) is 10.5. The minimum Gasteiger partial charge on any atom is -0.478 e. The molecule has 6 atom stereocenters. The first-order valence-corrected chi connectivity index (χ1v) is 26.0. The van der Waals surface area contributed by atoms with Gasteiger partial charge in [0.05, 0.1) is 24.8 Å². The number of nitrogens with one attached hydrogen (secondary N) is 3. The standard InChI is InChI=1S/C44H50N5O19P3/c1-48(2)27-12-15-30-34(21-27)65-35-22-28(49(3)4)13-16-31(35)38(30)29-14-11-26(20-32(29)44(55)56)42(53)46-17-7-5-6-10-37(50)45-18-8-9-25-19-33(43(54)47-23-25)41-40(52)39(51)36(66-41)24-64-70(60,61)68-71(62,63)67-69(57,58)59/h11-16,19-23,36,39-41,51-52H,5-7,10,17-18,24H2,1-4H3,(H7-,45,46,47,50,53,54,55,56,57,58,59,60,61,62,63)/p+1/t36-,39-,40-,41+/m1/s1. The Morgan fingerprint density at radius 1 is 0.873 bits per heavy atom. The fourth-order valence-electron chi connectivity index (χ4n) is 7.46. The van der Waals surface area contributed by atoms with Gasteiger partial charge < -0.3 is 64.6 Å². The molecule has 380 valence electrons. The Hall–Kier alpha value is -5.86. The predicted octanol–water partition coefficient (Wildman–Crippen LogP) is 2.65. The lowest BCUT2D eigenvalue weighted by Gasteiger charge is -2.19. The maximum atomic E-state index is 13.2. The van der Waals surface area contributed by atoms with Crippen LogP contribution in [0.5, 0.6) is 0 Å². The summed E-state index contributed by atoms with van der Waals surface area (Å²) in [5, 5.41) is 38.5. The van der Waals surface area contributed by atoms with Crippen molar-refractivity contribution in [1.82, 2.24) is 20.2 Å². The lowest BCUT2D eigenvalue weighted by Crippen LogP contribution is -2.33. The Bertz CT molecular complexity index is 3150. The number of anilines is 1. The van der Waals surface area contributed by atoms with E-state index in [9.17, 15) is 58.0 Å². The number of aromatic amines is 1. The highest BCUT2D eigenvalue weighted by Crippen LogP contribution is 2.66. The van der Waals surface area contributed by atoms with Gasteiger partial charge in [0.2, 0.25) is 11.3 Å². The average Bonchev–Trinajstić information content (AvgIpc) is 3.57. The molecular weight excluding hydrogens is 995 g/mol. The zero-order valence-electron chi connectivity index (χ0n) is 38.4. The molecule has 2 aliphatic heterocycles. The summed E-state index contributed by atoms with van der Waals surface area (Å²) in [6, 6.07) is 17.2. The van der Waals surface area contributed by atoms with Crippen LogP contribution in [0.25, 0.3) is 33.4 Å². The first-order valence-electron chi connectivity index (χ1n) is 21.5. The molecule has 1 fully saturated rings. The second-order valence-electron chi connectivity index (χ2n) is 16.5. The largest absolute Gasteiger partial charge is 0.490 e. The summed E-state index contributed by atoms with van der Waals surface area (Å²) in [6.45, 7) is -0.912. The summed E-state index contributed by atoms with van der Waals surface area (Å²) >= 11 is 0. The van der Waals surface area contributed by atoms with Crippen LogP contribution >= 0.6 is 23.5 Å². The average molecular weight is 1050 g/mol. The smallest absolute Gasteiger partial charge is 0.478 e. The number of hydrogen-bond acceptors (Lipinski definition) is 15. The van der Waals surface area contributed by atoms with E-state index in [4.69, 9.17) is 18.9 Å². The Labute approximate surface area is 404 Å². The second-order valence-corrected chi connectivity index (χ2v) is 20.9. The maximum Gasteiger partial charge on any atom is 0.490 e. The Kier molecular flexibility index (Phi) is 17.4. The number of rotatable bonds is 19. The van der Waals surface area contributed by atoms with Crippen LogP contribution in [-0.2, 0) is 36.4 Å². The molecule has 0 saturated carbocycles. The molecule has 2 unspecified atom stereocenters. The molecule has 1 aliphatic carbocycles. The zero-order chi connectivity index (χ0) is 52.0. The summed E-state index contributed by atoms with van der Waals surface area (Å²) in [4.78, 5) is 91.8. The van der Waals surface area contributed by atoms with Gasteiger partial charge in [-0.05, 0) is 54.8 Å². The van der Waals surface area contributed by atoms with Crippen molar-refractivity contribution in [3.63, 3.8) is 0 Å². The van der Waals surface area contributed by atoms with E-state index in [0.29, 0.717) is 52.7 Å². The van der Waals surface area contributed by atoms with Crippen molar-refractivity contribution in [2.75, 3.05) is 52.8 Å². The van der Waals surface area contributed by atoms with E-state index in [2.05, 4.69) is 40.6 Å². The van der Waals surface area contributed by atoms with Crippen molar-refractivity contribution >= 4 is 57.9 Å². The van der Waals surface area contributed by atoms with Gasteiger partial charge in [0, 0.05) is 84.3 Å². The van der Waals surface area contributed by atoms with Gasteiger partial charge in [0.25, 0.3) is 11.5 Å². The Morgan fingerprint density at radius 2 is 1.61 bits per heavy atom. The van der Waals surface area contributed by atoms with Crippen LogP contribution in [0.3, 0.4) is 0 Å². The summed E-state index contributed by atoms with van der Waals surface area (Å²) in [6.07, 6.45) is -3.85. The van der Waals surface area contributed by atoms with Crippen LogP contribution < -0.4 is 31.0 Å². The zero-order valence-corrected chi connectivity index (χ0v) is 41.1. The number of pyridine rings is 1. The Morgan fingerprint density at radius 3 is 2.30 bits per heavy atom. The molecular formula is C44H51N5O19P3+. The molecule has 1 aromatic heterocycles. The van der Waals surface area contributed by atoms with E-state index in [1.807, 2.05) is 74.1 Å². The normalized spacial score (nSPS) is 18.5. The van der Waals surface area contributed by atoms with Gasteiger partial charge in [0.15, 0.2) is 0 Å². The third-order valence-electron chi connectivity index (χ3n) is 10.9. The van der Waals surface area contributed by atoms with E-state index in [1.54, 1.807) is 12.1 Å². The molecule has 24 nitrogen and oxygen atoms in total. The number of carboxylic acid groups (broad SMARTS) is 1. The molecule has 0 bridgehead atoms. The lowest BCUT2D eigenvalue weighted by atomic mass is 9.89. The van der Waals surface area contributed by atoms with Crippen molar-refractivity contribution in [3.05, 3.63) is 105 Å². The van der Waals surface area contributed by atoms with Crippen LogP contribution in [0.15, 0.2) is 76.1 Å². The number of fused-ring (bicyclic) bond motifs is 2. The van der Waals surface area contributed by atoms with Crippen LogP contribution in [0.2, 0.25) is 0 Å². The quantitative estimate of drug-likeness (QED) is 0.0187. The highest BCUT2D eigenvalue weighted by atomic mass is 31.3. The number of aromatic nitrogens is 1. The highest BCUT2D eigenvalue weighted by molar-refractivity contribution is 7.66. The van der Waals surface area contributed by atoms with Gasteiger partial charge in [-0.2, -0.15) is 8.62 Å². The molecule has 10 N–H and O–H groups in total. The van der Waals surface area contributed by atoms with E-state index in [-0.39, 0.29) is 47.7 Å². The highest BCUT2D eigenvalue weighted by Gasteiger charge is 2.47. The first kappa shape index (κ1) is 54.5. The first-order chi connectivity index (χ1) is 33.3. The van der Waals surface area contributed by atoms with Crippen molar-refractivity contribution < 1.29 is 85.3 Å². The third kappa shape index (κ3) is 14.2. The number of hydrogen-bond donors (Lipinski definition) is 10. The molecule has 27 heteroatoms. The summed E-state index contributed by atoms with van der Waals surface area (Å²) < 4.78 is 60.0. The number of unbranched alkanes of at least 4 members (excludes halogenated alkanes) is 2. The summed E-state index contributed by atoms with van der Waals surface area (Å²) in [7, 11) is -9.41. The van der Waals surface area contributed by atoms with Crippen molar-refractivity contribution in [1.29, 1.82) is 0 Å². The monoisotopic (exact) mass is 1050 g/mol. The summed E-state index contributed by atoms with van der Waals surface area (Å²) in [5.74, 6) is 4.01. The molecule has 3 aromatic rings. The number of H-pyrrole nitrogens is 1. The number of phosphoric acid groups is 3. The minimum absolute atomic E-state index is 0.0606. The number of carbonyl (C=O) groups is 3. The van der Waals surface area contributed by atoms with E-state index >= 15 is 0 Å². The topological polar surface area (TPSA) is 357 Å². The molecule has 0 spiro atoms. The van der Waals surface area contributed by atoms with Crippen LogP contribution in [0.4, 0.5) is 5.69 Å². The number of phosphoric ester groups is 1. The number of aliphatic hydroxyl groups is 2. The van der Waals surface area contributed by atoms with Gasteiger partial charge in [-0.25, -0.2) is 23.1 Å². The van der Waals surface area contributed by atoms with Crippen LogP contribution in [0.1, 0.15) is 63.6 Å². The van der Waals surface area contributed by atoms with Crippen molar-refractivity contribution in [2.24, 2.45) is 0 Å². The molecule has 2 amide bonds. The van der Waals surface area contributed by atoms with Crippen molar-refractivity contribution in [3.8, 4) is 34.3 Å². The van der Waals surface area contributed by atoms with E-state index < -0.39 is 71.9 Å². The van der Waals surface area contributed by atoms with Crippen LogP contribution in [-0.4, -0.2) is 124 Å². The number of carboxylic acids is 1. The number of amides is 2. The number of ether oxygens (including phenoxy) is 1. The van der Waals surface area contributed by atoms with Gasteiger partial charge in [-0.3, -0.25) is 18.9 Å². The predicted molar refractivity (Wildman–Crippen MR) is 254 cm³/mol. The molecule has 2 aromatic carbocycles. The number of aromatic carboxylic acids is 1. The molecule has 3 heterocycles. The SMILES string of the molecule is CN(C)c1ccc2c(-c3ccc(C(=O)NCCCCCC(=O)NCC#Cc4c[nH]c(=O)c([C@@H]5O[C@H](COP(=O)(O)OP(=O)(O)OP(=O)(O)O)[C@@H](O)[C@H]5O)c4)cc3C(=O)O)c3ccc(=[N+](C)C)cc-3oc2c1. The van der Waals surface area contributed by atoms with Gasteiger partial charge in [-0.15, -0.1) is 0 Å². The molecule has 3 aliphatic rings. The van der Waals surface area contributed by atoms with Gasteiger partial charge in [-0.1, -0.05) is 24.3 Å². The van der Waals surface area contributed by atoms with Crippen molar-refractivity contribution in [2.45, 2.75) is 50.1 Å². The lowest BCUT2D eigenvalue weighted by molar-refractivity contribution is -0.121. The molecule has 0 radical (unpaired) electrons. The third-order valence-corrected chi connectivity index (χ3v) is 14.7. The second kappa shape index (κ2) is 22.7.